The SMILES string of the molecule is C=CC(C=CCCCCCC)=CC. The maximum atomic E-state index is 3.74. The predicted molar refractivity (Wildman–Crippen MR) is 61.9 cm³/mol. The van der Waals surface area contributed by atoms with Gasteiger partial charge in [-0.2, -0.15) is 0 Å². The lowest BCUT2D eigenvalue weighted by molar-refractivity contribution is 0.674. The summed E-state index contributed by atoms with van der Waals surface area (Å²) in [5, 5.41) is 0. The molecule has 0 N–H and O–H groups in total. The summed E-state index contributed by atoms with van der Waals surface area (Å²) in [4.78, 5) is 0. The van der Waals surface area contributed by atoms with Gasteiger partial charge in [0.2, 0.25) is 0 Å². The van der Waals surface area contributed by atoms with Gasteiger partial charge in [-0.25, -0.2) is 0 Å². The molecule has 0 amide bonds. The molecule has 0 aromatic rings. The highest BCUT2D eigenvalue weighted by Gasteiger charge is 1.85. The first kappa shape index (κ1) is 12.2. The molecule has 0 heterocycles. The largest absolute Gasteiger partial charge is 0.0985 e. The molecule has 0 saturated heterocycles. The summed E-state index contributed by atoms with van der Waals surface area (Å²) in [5.41, 5.74) is 1.22. The Morgan fingerprint density at radius 2 is 2.00 bits per heavy atom. The van der Waals surface area contributed by atoms with Crippen LogP contribution >= 0.6 is 0 Å². The van der Waals surface area contributed by atoms with Crippen LogP contribution in [0.3, 0.4) is 0 Å². The zero-order valence-corrected chi connectivity index (χ0v) is 9.05. The van der Waals surface area contributed by atoms with Crippen LogP contribution in [0, 0.1) is 0 Å². The summed E-state index contributed by atoms with van der Waals surface area (Å²) in [6.07, 6.45) is 14.9. The highest BCUT2D eigenvalue weighted by molar-refractivity contribution is 5.28. The lowest BCUT2D eigenvalue weighted by Crippen LogP contribution is -1.74. The first-order chi connectivity index (χ1) is 6.35. The molecule has 74 valence electrons. The minimum Gasteiger partial charge on any atom is -0.0985 e. The Hall–Kier alpha value is -0.780. The van der Waals surface area contributed by atoms with Gasteiger partial charge in [0, 0.05) is 0 Å². The van der Waals surface area contributed by atoms with E-state index in [9.17, 15) is 0 Å². The van der Waals surface area contributed by atoms with Crippen molar-refractivity contribution in [1.29, 1.82) is 0 Å². The van der Waals surface area contributed by atoms with E-state index in [1.807, 2.05) is 13.0 Å². The Labute approximate surface area is 83.0 Å². The van der Waals surface area contributed by atoms with Crippen molar-refractivity contribution < 1.29 is 0 Å². The van der Waals surface area contributed by atoms with Gasteiger partial charge in [-0.1, -0.05) is 57.1 Å². The van der Waals surface area contributed by atoms with Crippen molar-refractivity contribution in [2.24, 2.45) is 0 Å². The molecule has 0 aliphatic heterocycles. The van der Waals surface area contributed by atoms with Crippen LogP contribution in [-0.2, 0) is 0 Å². The molecule has 0 bridgehead atoms. The van der Waals surface area contributed by atoms with E-state index in [0.29, 0.717) is 0 Å². The summed E-state index contributed by atoms with van der Waals surface area (Å²) in [5.74, 6) is 0. The average Bonchev–Trinajstić information content (AvgIpc) is 2.17. The standard InChI is InChI=1S/C13H22/c1-4-7-8-9-10-11-12-13(5-2)6-3/h5-6,11-12H,2,4,7-10H2,1,3H3. The van der Waals surface area contributed by atoms with Crippen molar-refractivity contribution in [2.75, 3.05) is 0 Å². The van der Waals surface area contributed by atoms with Gasteiger partial charge in [-0.3, -0.25) is 0 Å². The van der Waals surface area contributed by atoms with Crippen molar-refractivity contribution in [1.82, 2.24) is 0 Å². The first-order valence-corrected chi connectivity index (χ1v) is 5.30. The summed E-state index contributed by atoms with van der Waals surface area (Å²) < 4.78 is 0. The average molecular weight is 178 g/mol. The molecule has 0 nitrogen and oxygen atoms in total. The Balaban J connectivity index is 3.45. The van der Waals surface area contributed by atoms with Crippen molar-refractivity contribution in [3.05, 3.63) is 36.5 Å². The third-order valence-corrected chi connectivity index (χ3v) is 2.10. The summed E-state index contributed by atoms with van der Waals surface area (Å²) >= 11 is 0. The molecular formula is C13H22. The molecule has 0 saturated carbocycles. The predicted octanol–water partition coefficient (Wildman–Crippen LogP) is 4.65. The van der Waals surface area contributed by atoms with Crippen LogP contribution in [0.1, 0.15) is 46.0 Å². The van der Waals surface area contributed by atoms with E-state index in [1.54, 1.807) is 0 Å². The molecule has 0 heteroatoms. The molecule has 0 atom stereocenters. The fourth-order valence-corrected chi connectivity index (χ4v) is 1.19. The number of allylic oxidation sites excluding steroid dienone is 5. The smallest absolute Gasteiger partial charge is 0.0308 e. The quantitative estimate of drug-likeness (QED) is 0.393. The minimum absolute atomic E-state index is 1.20. The van der Waals surface area contributed by atoms with E-state index in [4.69, 9.17) is 0 Å². The Kier molecular flexibility index (Phi) is 8.75. The fraction of sp³-hybridized carbons (Fsp3) is 0.538. The molecule has 0 aliphatic rings. The Morgan fingerprint density at radius 1 is 1.23 bits per heavy atom. The molecule has 0 aliphatic carbocycles. The van der Waals surface area contributed by atoms with Crippen molar-refractivity contribution in [3.8, 4) is 0 Å². The van der Waals surface area contributed by atoms with E-state index in [-0.39, 0.29) is 0 Å². The topological polar surface area (TPSA) is 0 Å². The van der Waals surface area contributed by atoms with Gasteiger partial charge in [0.15, 0.2) is 0 Å². The monoisotopic (exact) mass is 178 g/mol. The highest BCUT2D eigenvalue weighted by atomic mass is 13.9. The van der Waals surface area contributed by atoms with Crippen molar-refractivity contribution >= 4 is 0 Å². The van der Waals surface area contributed by atoms with E-state index in [0.717, 1.165) is 0 Å². The van der Waals surface area contributed by atoms with Crippen LogP contribution in [0.25, 0.3) is 0 Å². The summed E-state index contributed by atoms with van der Waals surface area (Å²) in [7, 11) is 0. The molecule has 0 aromatic heterocycles. The number of hydrogen-bond acceptors (Lipinski definition) is 0. The zero-order chi connectivity index (χ0) is 9.94. The van der Waals surface area contributed by atoms with Gasteiger partial charge in [0.25, 0.3) is 0 Å². The third-order valence-electron chi connectivity index (χ3n) is 2.10. The third kappa shape index (κ3) is 7.58. The molecular weight excluding hydrogens is 156 g/mol. The minimum atomic E-state index is 1.20. The normalized spacial score (nSPS) is 12.3. The number of rotatable bonds is 7. The molecule has 13 heavy (non-hydrogen) atoms. The maximum Gasteiger partial charge on any atom is -0.0308 e. The second-order valence-corrected chi connectivity index (χ2v) is 3.24. The van der Waals surface area contributed by atoms with Crippen LogP contribution in [0.2, 0.25) is 0 Å². The number of hydrogen-bond donors (Lipinski definition) is 0. The van der Waals surface area contributed by atoms with E-state index >= 15 is 0 Å². The lowest BCUT2D eigenvalue weighted by atomic mass is 10.1. The van der Waals surface area contributed by atoms with Crippen LogP contribution in [0.15, 0.2) is 36.5 Å². The second-order valence-electron chi connectivity index (χ2n) is 3.24. The Bertz CT molecular complexity index is 172. The highest BCUT2D eigenvalue weighted by Crippen LogP contribution is 2.05. The zero-order valence-electron chi connectivity index (χ0n) is 9.05. The second kappa shape index (κ2) is 9.31. The van der Waals surface area contributed by atoms with Gasteiger partial charge >= 0.3 is 0 Å². The van der Waals surface area contributed by atoms with Crippen molar-refractivity contribution in [3.63, 3.8) is 0 Å². The molecule has 0 aromatic carbocycles. The summed E-state index contributed by atoms with van der Waals surface area (Å²) in [6.45, 7) is 8.02. The number of unbranched alkanes of at least 4 members (excludes halogenated alkanes) is 4. The van der Waals surface area contributed by atoms with Crippen LogP contribution in [-0.4, -0.2) is 0 Å². The lowest BCUT2D eigenvalue weighted by Gasteiger charge is -1.94. The van der Waals surface area contributed by atoms with Gasteiger partial charge in [-0.15, -0.1) is 0 Å². The van der Waals surface area contributed by atoms with E-state index < -0.39 is 0 Å². The summed E-state index contributed by atoms with van der Waals surface area (Å²) in [6, 6.07) is 0. The van der Waals surface area contributed by atoms with Crippen molar-refractivity contribution in [2.45, 2.75) is 46.0 Å². The molecule has 0 fully saturated rings. The fourth-order valence-electron chi connectivity index (χ4n) is 1.19. The van der Waals surface area contributed by atoms with Crippen LogP contribution in [0.5, 0.6) is 0 Å². The van der Waals surface area contributed by atoms with Crippen LogP contribution in [0.4, 0.5) is 0 Å². The molecule has 0 radical (unpaired) electrons. The van der Waals surface area contributed by atoms with Gasteiger partial charge < -0.3 is 0 Å². The van der Waals surface area contributed by atoms with Gasteiger partial charge in [-0.05, 0) is 25.3 Å². The molecule has 0 unspecified atom stereocenters. The van der Waals surface area contributed by atoms with Gasteiger partial charge in [0.1, 0.15) is 0 Å². The van der Waals surface area contributed by atoms with E-state index in [1.165, 1.54) is 37.7 Å². The first-order valence-electron chi connectivity index (χ1n) is 5.30. The van der Waals surface area contributed by atoms with Crippen LogP contribution < -0.4 is 0 Å². The van der Waals surface area contributed by atoms with E-state index in [2.05, 4.69) is 31.7 Å². The van der Waals surface area contributed by atoms with Gasteiger partial charge in [0.05, 0.1) is 0 Å². The molecule has 0 spiro atoms. The molecule has 0 rings (SSSR count). The Morgan fingerprint density at radius 3 is 2.54 bits per heavy atom. The maximum absolute atomic E-state index is 3.74.